The molecule has 1 spiro atoms. The minimum atomic E-state index is -0.287. The zero-order valence-electron chi connectivity index (χ0n) is 16.4. The normalized spacial score (nSPS) is 22.3. The monoisotopic (exact) mass is 395 g/mol. The quantitative estimate of drug-likeness (QED) is 0.790. The number of ether oxygens (including phenoxy) is 3. The molecule has 5 rings (SSSR count). The molecule has 0 bridgehead atoms. The van der Waals surface area contributed by atoms with Crippen LogP contribution in [-0.2, 0) is 22.4 Å². The first-order chi connectivity index (χ1) is 14.2. The minimum absolute atomic E-state index is 0.0401. The third kappa shape index (κ3) is 3.92. The number of benzene rings is 1. The molecule has 1 atom stereocenters. The Morgan fingerprint density at radius 3 is 3.07 bits per heavy atom. The van der Waals surface area contributed by atoms with E-state index in [4.69, 9.17) is 14.2 Å². The molecule has 7 nitrogen and oxygen atoms in total. The van der Waals surface area contributed by atoms with Crippen LogP contribution >= 0.6 is 0 Å². The van der Waals surface area contributed by atoms with Gasteiger partial charge in [-0.2, -0.15) is 0 Å². The first-order valence-electron chi connectivity index (χ1n) is 10.3. The van der Waals surface area contributed by atoms with Gasteiger partial charge < -0.3 is 19.1 Å². The van der Waals surface area contributed by atoms with Crippen LogP contribution in [0.1, 0.15) is 30.4 Å². The van der Waals surface area contributed by atoms with Crippen molar-refractivity contribution in [3.05, 3.63) is 47.9 Å². The van der Waals surface area contributed by atoms with Crippen LogP contribution in [0.4, 0.5) is 0 Å². The van der Waals surface area contributed by atoms with Crippen molar-refractivity contribution < 1.29 is 19.0 Å². The number of likely N-dealkylation sites (tertiary alicyclic amines) is 1. The van der Waals surface area contributed by atoms with Gasteiger partial charge in [-0.3, -0.25) is 9.78 Å². The average Bonchev–Trinajstić information content (AvgIpc) is 2.73. The first-order valence-corrected chi connectivity index (χ1v) is 10.3. The SMILES string of the molecule is O=C(Cc1ccc2c(c1)CCCO2)N1CC2(CC(Oc3cnccn3)CCO2)C1. The van der Waals surface area contributed by atoms with Gasteiger partial charge in [0.25, 0.3) is 0 Å². The van der Waals surface area contributed by atoms with Crippen LogP contribution in [0.25, 0.3) is 0 Å². The number of hydrogen-bond donors (Lipinski definition) is 0. The number of amides is 1. The predicted octanol–water partition coefficient (Wildman–Crippen LogP) is 2.18. The zero-order valence-corrected chi connectivity index (χ0v) is 16.4. The molecule has 2 saturated heterocycles. The molecule has 4 heterocycles. The van der Waals surface area contributed by atoms with Crippen LogP contribution in [0.15, 0.2) is 36.8 Å². The van der Waals surface area contributed by atoms with Crippen LogP contribution < -0.4 is 9.47 Å². The molecule has 0 saturated carbocycles. The Balaban J connectivity index is 1.16. The standard InChI is InChI=1S/C22H25N3O4/c26-21(11-16-3-4-19-17(10-16)2-1-8-27-19)25-14-22(15-25)12-18(5-9-28-22)29-20-13-23-6-7-24-20/h3-4,6-7,10,13,18H,1-2,5,8-9,11-12,14-15H2. The molecule has 1 aromatic heterocycles. The van der Waals surface area contributed by atoms with Crippen molar-refractivity contribution in [3.63, 3.8) is 0 Å². The molecule has 2 fully saturated rings. The van der Waals surface area contributed by atoms with Crippen molar-refractivity contribution in [2.45, 2.75) is 43.8 Å². The second-order valence-corrected chi connectivity index (χ2v) is 8.13. The minimum Gasteiger partial charge on any atom is -0.493 e. The number of aryl methyl sites for hydroxylation is 1. The molecule has 1 aromatic carbocycles. The van der Waals surface area contributed by atoms with Gasteiger partial charge in [0.1, 0.15) is 17.5 Å². The lowest BCUT2D eigenvalue weighted by molar-refractivity contribution is -0.193. The molecule has 3 aliphatic heterocycles. The van der Waals surface area contributed by atoms with Crippen molar-refractivity contribution in [2.24, 2.45) is 0 Å². The maximum absolute atomic E-state index is 12.8. The summed E-state index contributed by atoms with van der Waals surface area (Å²) in [5.41, 5.74) is 1.97. The van der Waals surface area contributed by atoms with Gasteiger partial charge in [0.2, 0.25) is 11.8 Å². The van der Waals surface area contributed by atoms with E-state index < -0.39 is 0 Å². The highest BCUT2D eigenvalue weighted by atomic mass is 16.5. The summed E-state index contributed by atoms with van der Waals surface area (Å²) in [6.45, 7) is 2.67. The van der Waals surface area contributed by atoms with E-state index in [0.29, 0.717) is 32.0 Å². The second-order valence-electron chi connectivity index (χ2n) is 8.13. The fourth-order valence-corrected chi connectivity index (χ4v) is 4.46. The van der Waals surface area contributed by atoms with Crippen molar-refractivity contribution in [2.75, 3.05) is 26.3 Å². The fourth-order valence-electron chi connectivity index (χ4n) is 4.46. The Morgan fingerprint density at radius 2 is 2.21 bits per heavy atom. The highest BCUT2D eigenvalue weighted by Crippen LogP contribution is 2.36. The van der Waals surface area contributed by atoms with Crippen molar-refractivity contribution >= 4 is 5.91 Å². The third-order valence-corrected chi connectivity index (χ3v) is 5.91. The summed E-state index contributed by atoms with van der Waals surface area (Å²) in [7, 11) is 0. The Kier molecular flexibility index (Phi) is 4.83. The molecule has 29 heavy (non-hydrogen) atoms. The van der Waals surface area contributed by atoms with Gasteiger partial charge in [0.15, 0.2) is 0 Å². The number of rotatable bonds is 4. The summed E-state index contributed by atoms with van der Waals surface area (Å²) in [5, 5.41) is 0. The summed E-state index contributed by atoms with van der Waals surface area (Å²) >= 11 is 0. The van der Waals surface area contributed by atoms with Crippen LogP contribution in [0.2, 0.25) is 0 Å². The summed E-state index contributed by atoms with van der Waals surface area (Å²) in [6.07, 6.45) is 8.99. The summed E-state index contributed by atoms with van der Waals surface area (Å²) in [6, 6.07) is 6.11. The molecule has 0 aliphatic carbocycles. The number of carbonyl (C=O) groups excluding carboxylic acids is 1. The molecular formula is C22H25N3O4. The summed E-state index contributed by atoms with van der Waals surface area (Å²) in [4.78, 5) is 22.9. The van der Waals surface area contributed by atoms with E-state index in [1.54, 1.807) is 18.6 Å². The van der Waals surface area contributed by atoms with Crippen LogP contribution in [0, 0.1) is 0 Å². The first kappa shape index (κ1) is 18.4. The number of hydrogen-bond acceptors (Lipinski definition) is 6. The third-order valence-electron chi connectivity index (χ3n) is 5.91. The number of aromatic nitrogens is 2. The fraction of sp³-hybridized carbons (Fsp3) is 0.500. The average molecular weight is 395 g/mol. The molecular weight excluding hydrogens is 370 g/mol. The number of carbonyl (C=O) groups is 1. The van der Waals surface area contributed by atoms with E-state index in [1.165, 1.54) is 5.56 Å². The van der Waals surface area contributed by atoms with Crippen molar-refractivity contribution in [1.29, 1.82) is 0 Å². The summed E-state index contributed by atoms with van der Waals surface area (Å²) in [5.74, 6) is 1.64. The van der Waals surface area contributed by atoms with Crippen molar-refractivity contribution in [3.8, 4) is 11.6 Å². The van der Waals surface area contributed by atoms with Gasteiger partial charge in [-0.25, -0.2) is 4.98 Å². The largest absolute Gasteiger partial charge is 0.493 e. The number of fused-ring (bicyclic) bond motifs is 1. The van der Waals surface area contributed by atoms with Crippen molar-refractivity contribution in [1.82, 2.24) is 14.9 Å². The van der Waals surface area contributed by atoms with Crippen LogP contribution in [0.3, 0.4) is 0 Å². The van der Waals surface area contributed by atoms with E-state index in [2.05, 4.69) is 16.0 Å². The topological polar surface area (TPSA) is 73.8 Å². The van der Waals surface area contributed by atoms with Gasteiger partial charge in [-0.15, -0.1) is 0 Å². The Morgan fingerprint density at radius 1 is 1.28 bits per heavy atom. The van der Waals surface area contributed by atoms with E-state index in [1.807, 2.05) is 17.0 Å². The van der Waals surface area contributed by atoms with Crippen LogP contribution in [-0.4, -0.2) is 58.8 Å². The highest BCUT2D eigenvalue weighted by Gasteiger charge is 2.49. The maximum atomic E-state index is 12.8. The highest BCUT2D eigenvalue weighted by molar-refractivity contribution is 5.80. The lowest BCUT2D eigenvalue weighted by atomic mass is 9.84. The molecule has 2 aromatic rings. The van der Waals surface area contributed by atoms with E-state index >= 15 is 0 Å². The Hall–Kier alpha value is -2.67. The molecule has 0 radical (unpaired) electrons. The lowest BCUT2D eigenvalue weighted by Crippen LogP contribution is -2.67. The molecule has 1 amide bonds. The molecule has 152 valence electrons. The van der Waals surface area contributed by atoms with Gasteiger partial charge >= 0.3 is 0 Å². The second kappa shape index (κ2) is 7.63. The molecule has 0 N–H and O–H groups in total. The zero-order chi connectivity index (χ0) is 19.7. The van der Waals surface area contributed by atoms with Gasteiger partial charge in [0, 0.05) is 25.2 Å². The van der Waals surface area contributed by atoms with Crippen LogP contribution in [0.5, 0.6) is 11.6 Å². The number of nitrogens with zero attached hydrogens (tertiary/aromatic N) is 3. The molecule has 7 heteroatoms. The van der Waals surface area contributed by atoms with E-state index in [9.17, 15) is 4.79 Å². The summed E-state index contributed by atoms with van der Waals surface area (Å²) < 4.78 is 17.7. The molecule has 3 aliphatic rings. The predicted molar refractivity (Wildman–Crippen MR) is 105 cm³/mol. The Labute approximate surface area is 170 Å². The molecule has 1 unspecified atom stereocenters. The smallest absolute Gasteiger partial charge is 0.232 e. The van der Waals surface area contributed by atoms with Gasteiger partial charge in [0.05, 0.1) is 38.9 Å². The van der Waals surface area contributed by atoms with E-state index in [0.717, 1.165) is 43.6 Å². The van der Waals surface area contributed by atoms with Gasteiger partial charge in [-0.1, -0.05) is 12.1 Å². The van der Waals surface area contributed by atoms with Gasteiger partial charge in [-0.05, 0) is 30.0 Å². The Bertz CT molecular complexity index is 883. The van der Waals surface area contributed by atoms with E-state index in [-0.39, 0.29) is 17.6 Å². The maximum Gasteiger partial charge on any atom is 0.232 e. The lowest BCUT2D eigenvalue weighted by Gasteiger charge is -2.52.